The maximum Gasteiger partial charge on any atom is 0.0591 e. The minimum atomic E-state index is -0.550. The Balaban J connectivity index is 1.49. The Morgan fingerprint density at radius 2 is 1.60 bits per heavy atom. The van der Waals surface area contributed by atoms with Gasteiger partial charge >= 0.3 is 0 Å². The first-order valence-electron chi connectivity index (χ1n) is 13.0. The van der Waals surface area contributed by atoms with Crippen molar-refractivity contribution in [2.75, 3.05) is 0 Å². The second kappa shape index (κ2) is 8.03. The minimum Gasteiger partial charge on any atom is -0.393 e. The molecule has 10 atom stereocenters. The smallest absolute Gasteiger partial charge is 0.0591 e. The Morgan fingerprint density at radius 1 is 0.933 bits per heavy atom. The van der Waals surface area contributed by atoms with Gasteiger partial charge in [-0.15, -0.1) is 0 Å². The van der Waals surface area contributed by atoms with Crippen LogP contribution in [0.3, 0.4) is 0 Å². The average molecular weight is 421 g/mol. The van der Waals surface area contributed by atoms with Crippen LogP contribution in [0.5, 0.6) is 0 Å². The van der Waals surface area contributed by atoms with Gasteiger partial charge in [-0.2, -0.15) is 0 Å². The number of aliphatic hydroxyl groups excluding tert-OH is 2. The lowest BCUT2D eigenvalue weighted by molar-refractivity contribution is -0.174. The van der Waals surface area contributed by atoms with E-state index in [0.717, 1.165) is 44.4 Å². The van der Waals surface area contributed by atoms with E-state index in [1.165, 1.54) is 32.1 Å². The van der Waals surface area contributed by atoms with E-state index in [1.807, 2.05) is 13.8 Å². The minimum absolute atomic E-state index is 0.152. The highest BCUT2D eigenvalue weighted by Crippen LogP contribution is 2.68. The lowest BCUT2D eigenvalue weighted by Crippen LogP contribution is -2.58. The molecule has 0 aliphatic heterocycles. The van der Waals surface area contributed by atoms with Gasteiger partial charge in [0.05, 0.1) is 17.8 Å². The van der Waals surface area contributed by atoms with Crippen molar-refractivity contribution in [3.8, 4) is 0 Å². The van der Waals surface area contributed by atoms with Gasteiger partial charge in [0.15, 0.2) is 0 Å². The van der Waals surface area contributed by atoms with Gasteiger partial charge in [0.25, 0.3) is 0 Å². The number of fused-ring (bicyclic) bond motifs is 5. The van der Waals surface area contributed by atoms with E-state index >= 15 is 0 Å². The predicted octanol–water partition coefficient (Wildman–Crippen LogP) is 5.55. The molecule has 4 rings (SSSR count). The summed E-state index contributed by atoms with van der Waals surface area (Å²) in [6, 6.07) is 0. The van der Waals surface area contributed by atoms with E-state index in [4.69, 9.17) is 0 Å². The van der Waals surface area contributed by atoms with Gasteiger partial charge in [0.1, 0.15) is 0 Å². The van der Waals surface area contributed by atoms with Crippen molar-refractivity contribution in [3.05, 3.63) is 0 Å². The van der Waals surface area contributed by atoms with Crippen molar-refractivity contribution in [1.29, 1.82) is 0 Å². The van der Waals surface area contributed by atoms with Crippen LogP contribution in [-0.4, -0.2) is 33.1 Å². The normalized spacial score (nSPS) is 49.8. The fraction of sp³-hybridized carbons (Fsp3) is 1.00. The molecule has 4 aliphatic rings. The molecule has 3 nitrogen and oxygen atoms in total. The van der Waals surface area contributed by atoms with Crippen LogP contribution in [0.25, 0.3) is 0 Å². The second-order valence-electron chi connectivity index (χ2n) is 13.1. The molecule has 0 aromatic heterocycles. The zero-order chi connectivity index (χ0) is 21.9. The summed E-state index contributed by atoms with van der Waals surface area (Å²) in [7, 11) is 0. The molecule has 0 aromatic carbocycles. The van der Waals surface area contributed by atoms with Crippen molar-refractivity contribution in [1.82, 2.24) is 0 Å². The second-order valence-corrected chi connectivity index (χ2v) is 13.1. The molecule has 30 heavy (non-hydrogen) atoms. The molecule has 174 valence electrons. The zero-order valence-electron chi connectivity index (χ0n) is 20.2. The molecule has 0 aromatic rings. The molecule has 3 heteroatoms. The molecule has 0 amide bonds. The Kier molecular flexibility index (Phi) is 6.17. The lowest BCUT2D eigenvalue weighted by Gasteiger charge is -2.62. The van der Waals surface area contributed by atoms with E-state index in [0.29, 0.717) is 40.4 Å². The summed E-state index contributed by atoms with van der Waals surface area (Å²) < 4.78 is 0. The SMILES string of the molecule is C[C@H](CCCC(C)(C)O)[C@H]1CC[C@H]2[C@@H]3[C@H](O)CC4C[C@H](O)CC[C@]4(C)[C@H]3CC[C@]12C. The molecule has 4 saturated carbocycles. The van der Waals surface area contributed by atoms with Crippen molar-refractivity contribution < 1.29 is 15.3 Å². The Morgan fingerprint density at radius 3 is 2.30 bits per heavy atom. The van der Waals surface area contributed by atoms with Crippen LogP contribution in [0.15, 0.2) is 0 Å². The van der Waals surface area contributed by atoms with Gasteiger partial charge in [-0.25, -0.2) is 0 Å². The predicted molar refractivity (Wildman–Crippen MR) is 122 cm³/mol. The first-order chi connectivity index (χ1) is 14.0. The summed E-state index contributed by atoms with van der Waals surface area (Å²) >= 11 is 0. The van der Waals surface area contributed by atoms with Crippen LogP contribution >= 0.6 is 0 Å². The standard InChI is InChI=1S/C27H48O3/c1-17(7-6-12-25(2,3)30)20-8-9-21-24-22(11-14-27(20,21)5)26(4)13-10-19(28)15-18(26)16-23(24)29/h17-24,28-30H,6-16H2,1-5H3/t17-,18?,19-,20-,21+,22+,23-,24+,26+,27-/m1/s1. The van der Waals surface area contributed by atoms with Gasteiger partial charge in [0.2, 0.25) is 0 Å². The largest absolute Gasteiger partial charge is 0.393 e. The fourth-order valence-corrected chi connectivity index (χ4v) is 9.23. The highest BCUT2D eigenvalue weighted by molar-refractivity contribution is 5.11. The summed E-state index contributed by atoms with van der Waals surface area (Å²) in [5.41, 5.74) is 0.139. The van der Waals surface area contributed by atoms with Gasteiger partial charge in [0, 0.05) is 0 Å². The van der Waals surface area contributed by atoms with Crippen LogP contribution < -0.4 is 0 Å². The molecule has 4 aliphatic carbocycles. The van der Waals surface area contributed by atoms with Gasteiger partial charge in [-0.3, -0.25) is 0 Å². The molecule has 0 saturated heterocycles. The van der Waals surface area contributed by atoms with Crippen molar-refractivity contribution in [2.45, 2.75) is 123 Å². The molecule has 0 heterocycles. The third-order valence-electron chi connectivity index (χ3n) is 10.9. The number of hydrogen-bond donors (Lipinski definition) is 3. The maximum atomic E-state index is 11.4. The topological polar surface area (TPSA) is 60.7 Å². The molecule has 3 N–H and O–H groups in total. The molecule has 0 spiro atoms. The molecule has 4 fully saturated rings. The fourth-order valence-electron chi connectivity index (χ4n) is 9.23. The van der Waals surface area contributed by atoms with Crippen molar-refractivity contribution >= 4 is 0 Å². The zero-order valence-corrected chi connectivity index (χ0v) is 20.2. The summed E-state index contributed by atoms with van der Waals surface area (Å²) in [5, 5.41) is 31.7. The average Bonchev–Trinajstić information content (AvgIpc) is 2.99. The first-order valence-corrected chi connectivity index (χ1v) is 13.0. The highest BCUT2D eigenvalue weighted by atomic mass is 16.3. The third kappa shape index (κ3) is 3.90. The Hall–Kier alpha value is -0.120. The maximum absolute atomic E-state index is 11.4. The van der Waals surface area contributed by atoms with Crippen LogP contribution in [-0.2, 0) is 0 Å². The van der Waals surface area contributed by atoms with E-state index < -0.39 is 5.60 Å². The van der Waals surface area contributed by atoms with Crippen LogP contribution in [0, 0.1) is 46.3 Å². The Bertz CT molecular complexity index is 612. The highest BCUT2D eigenvalue weighted by Gasteiger charge is 2.62. The van der Waals surface area contributed by atoms with Gasteiger partial charge in [-0.1, -0.05) is 33.6 Å². The van der Waals surface area contributed by atoms with E-state index in [9.17, 15) is 15.3 Å². The van der Waals surface area contributed by atoms with E-state index in [2.05, 4.69) is 20.8 Å². The third-order valence-corrected chi connectivity index (χ3v) is 10.9. The summed E-state index contributed by atoms with van der Waals surface area (Å²) in [6.45, 7) is 11.4. The number of aliphatic hydroxyl groups is 3. The summed E-state index contributed by atoms with van der Waals surface area (Å²) in [6.07, 6.45) is 12.0. The Labute approximate surface area is 185 Å². The van der Waals surface area contributed by atoms with Gasteiger partial charge < -0.3 is 15.3 Å². The van der Waals surface area contributed by atoms with Crippen molar-refractivity contribution in [3.63, 3.8) is 0 Å². The molecular formula is C27H48O3. The van der Waals surface area contributed by atoms with Crippen LogP contribution in [0.2, 0.25) is 0 Å². The van der Waals surface area contributed by atoms with E-state index in [-0.39, 0.29) is 12.2 Å². The van der Waals surface area contributed by atoms with Gasteiger partial charge in [-0.05, 0) is 118 Å². The van der Waals surface area contributed by atoms with E-state index in [1.54, 1.807) is 0 Å². The van der Waals surface area contributed by atoms with Crippen LogP contribution in [0.1, 0.15) is 105 Å². The summed E-state index contributed by atoms with van der Waals surface area (Å²) in [5.74, 6) is 3.73. The summed E-state index contributed by atoms with van der Waals surface area (Å²) in [4.78, 5) is 0. The molecule has 1 unspecified atom stereocenters. The van der Waals surface area contributed by atoms with Crippen LogP contribution in [0.4, 0.5) is 0 Å². The monoisotopic (exact) mass is 420 g/mol. The number of rotatable bonds is 5. The number of hydrogen-bond acceptors (Lipinski definition) is 3. The first kappa shape index (κ1) is 23.1. The quantitative estimate of drug-likeness (QED) is 0.546. The molecule has 0 bridgehead atoms. The van der Waals surface area contributed by atoms with Crippen molar-refractivity contribution in [2.24, 2.45) is 46.3 Å². The molecular weight excluding hydrogens is 372 g/mol. The molecule has 0 radical (unpaired) electrons. The lowest BCUT2D eigenvalue weighted by atomic mass is 9.43.